The third-order valence-electron chi connectivity index (χ3n) is 7.54. The monoisotopic (exact) mass is 517 g/mol. The van der Waals surface area contributed by atoms with E-state index in [1.54, 1.807) is 7.11 Å². The number of piperidine rings is 1. The van der Waals surface area contributed by atoms with Crippen molar-refractivity contribution in [2.75, 3.05) is 27.2 Å². The highest BCUT2D eigenvalue weighted by atomic mass is 35.5. The highest BCUT2D eigenvalue weighted by molar-refractivity contribution is 6.42. The minimum atomic E-state index is -0.0524. The van der Waals surface area contributed by atoms with Gasteiger partial charge in [0.1, 0.15) is 5.75 Å². The summed E-state index contributed by atoms with van der Waals surface area (Å²) >= 11 is 12.9. The van der Waals surface area contributed by atoms with E-state index in [1.807, 2.05) is 41.3 Å². The van der Waals surface area contributed by atoms with Gasteiger partial charge in [0.15, 0.2) is 0 Å². The summed E-state index contributed by atoms with van der Waals surface area (Å²) in [4.78, 5) is 18.2. The van der Waals surface area contributed by atoms with Crippen LogP contribution in [0, 0.1) is 11.3 Å². The molecule has 0 radical (unpaired) electrons. The lowest BCUT2D eigenvalue weighted by Crippen LogP contribution is -2.61. The summed E-state index contributed by atoms with van der Waals surface area (Å²) < 4.78 is 5.43. The summed E-state index contributed by atoms with van der Waals surface area (Å²) in [5.41, 5.74) is 2.04. The van der Waals surface area contributed by atoms with Crippen molar-refractivity contribution >= 4 is 29.2 Å². The van der Waals surface area contributed by atoms with Gasteiger partial charge in [-0.3, -0.25) is 4.90 Å². The van der Waals surface area contributed by atoms with Crippen molar-refractivity contribution in [1.82, 2.24) is 15.1 Å². The van der Waals surface area contributed by atoms with E-state index in [-0.39, 0.29) is 23.5 Å². The average molecular weight is 519 g/mol. The van der Waals surface area contributed by atoms with Crippen molar-refractivity contribution in [1.29, 1.82) is 0 Å². The molecule has 1 N–H and O–H groups in total. The van der Waals surface area contributed by atoms with Crippen molar-refractivity contribution < 1.29 is 9.53 Å². The zero-order valence-corrected chi connectivity index (χ0v) is 22.7. The summed E-state index contributed by atoms with van der Waals surface area (Å²) in [5.74, 6) is 1.47. The molecule has 2 atom stereocenters. The third-order valence-corrected chi connectivity index (χ3v) is 8.37. The molecule has 1 saturated heterocycles. The Bertz CT molecular complexity index is 1040. The van der Waals surface area contributed by atoms with Crippen LogP contribution in [0.3, 0.4) is 0 Å². The van der Waals surface area contributed by atoms with Crippen LogP contribution in [0.5, 0.6) is 5.75 Å². The molecule has 35 heavy (non-hydrogen) atoms. The van der Waals surface area contributed by atoms with Crippen LogP contribution >= 0.6 is 23.2 Å². The second-order valence-corrected chi connectivity index (χ2v) is 11.5. The predicted octanol–water partition coefficient (Wildman–Crippen LogP) is 6.79. The molecule has 1 aliphatic carbocycles. The van der Waals surface area contributed by atoms with E-state index < -0.39 is 0 Å². The van der Waals surface area contributed by atoms with Crippen LogP contribution < -0.4 is 10.1 Å². The standard InChI is InChI=1S/C28H37Cl2N3O2/c1-28(2)14-7-15-32(3)26(28)33(18-19-8-5-9-21(16-19)35-4)27(34)31-17-23(20-12-13-20)22-10-6-11-24(29)25(22)30/h5-6,8-11,16,20,23,26H,7,12-15,17-18H2,1-4H3,(H,31,34). The van der Waals surface area contributed by atoms with Crippen LogP contribution in [0.1, 0.15) is 56.6 Å². The first kappa shape index (κ1) is 26.1. The normalized spacial score (nSPS) is 20.8. The molecule has 2 fully saturated rings. The van der Waals surface area contributed by atoms with E-state index in [1.165, 1.54) is 0 Å². The van der Waals surface area contributed by atoms with Gasteiger partial charge in [0, 0.05) is 19.0 Å². The number of nitrogens with one attached hydrogen (secondary N) is 1. The lowest BCUT2D eigenvalue weighted by Gasteiger charge is -2.50. The number of hydrogen-bond acceptors (Lipinski definition) is 3. The van der Waals surface area contributed by atoms with Gasteiger partial charge in [-0.05, 0) is 79.9 Å². The fraction of sp³-hybridized carbons (Fsp3) is 0.536. The Labute approximate surface area is 219 Å². The largest absolute Gasteiger partial charge is 0.497 e. The van der Waals surface area contributed by atoms with Crippen LogP contribution in [0.15, 0.2) is 42.5 Å². The van der Waals surface area contributed by atoms with Crippen molar-refractivity contribution in [3.63, 3.8) is 0 Å². The number of urea groups is 1. The van der Waals surface area contributed by atoms with Crippen molar-refractivity contribution in [3.8, 4) is 5.75 Å². The molecule has 2 amide bonds. The summed E-state index contributed by atoms with van der Waals surface area (Å²) in [7, 11) is 3.79. The Kier molecular flexibility index (Phi) is 8.19. The Hall–Kier alpha value is -1.95. The smallest absolute Gasteiger partial charge is 0.319 e. The molecular weight excluding hydrogens is 481 g/mol. The van der Waals surface area contributed by atoms with Gasteiger partial charge < -0.3 is 15.0 Å². The number of carbonyl (C=O) groups is 1. The zero-order chi connectivity index (χ0) is 25.2. The van der Waals surface area contributed by atoms with Gasteiger partial charge in [0.05, 0.1) is 23.3 Å². The number of rotatable bonds is 8. The molecule has 7 heteroatoms. The molecule has 2 aromatic carbocycles. The van der Waals surface area contributed by atoms with Crippen molar-refractivity contribution in [2.24, 2.45) is 11.3 Å². The lowest BCUT2D eigenvalue weighted by molar-refractivity contribution is -0.0369. The van der Waals surface area contributed by atoms with Gasteiger partial charge in [-0.1, -0.05) is 61.3 Å². The highest BCUT2D eigenvalue weighted by Gasteiger charge is 2.42. The summed E-state index contributed by atoms with van der Waals surface area (Å²) in [6.45, 7) is 6.54. The molecule has 0 spiro atoms. The SMILES string of the molecule is COc1cccc(CN(C(=O)NCC(c2cccc(Cl)c2Cl)C2CC2)C2N(C)CCCC2(C)C)c1. The number of halogens is 2. The van der Waals surface area contributed by atoms with Gasteiger partial charge in [0.25, 0.3) is 0 Å². The zero-order valence-electron chi connectivity index (χ0n) is 21.2. The molecule has 0 bridgehead atoms. The van der Waals surface area contributed by atoms with Crippen LogP contribution in [0.2, 0.25) is 10.0 Å². The van der Waals surface area contributed by atoms with E-state index in [0.717, 1.165) is 49.1 Å². The second-order valence-electron chi connectivity index (χ2n) is 10.7. The van der Waals surface area contributed by atoms with Crippen molar-refractivity contribution in [2.45, 2.75) is 58.2 Å². The number of amides is 2. The molecule has 0 aromatic heterocycles. The first-order valence-corrected chi connectivity index (χ1v) is 13.3. The molecule has 5 nitrogen and oxygen atoms in total. The van der Waals surface area contributed by atoms with Crippen molar-refractivity contribution in [3.05, 3.63) is 63.6 Å². The number of carbonyl (C=O) groups excluding carboxylic acids is 1. The molecule has 2 aromatic rings. The number of hydrogen-bond donors (Lipinski definition) is 1. The summed E-state index contributed by atoms with van der Waals surface area (Å²) in [6.07, 6.45) is 4.49. The van der Waals surface area contributed by atoms with Crippen LogP contribution in [-0.4, -0.2) is 49.2 Å². The predicted molar refractivity (Wildman–Crippen MR) is 143 cm³/mol. The number of likely N-dealkylation sites (tertiary alicyclic amines) is 1. The Balaban J connectivity index is 1.58. The Morgan fingerprint density at radius 3 is 2.66 bits per heavy atom. The first-order valence-electron chi connectivity index (χ1n) is 12.5. The number of ether oxygens (including phenoxy) is 1. The van der Waals surface area contributed by atoms with Crippen LogP contribution in [0.4, 0.5) is 4.79 Å². The first-order chi connectivity index (χ1) is 16.7. The molecule has 1 saturated carbocycles. The number of benzene rings is 2. The maximum atomic E-state index is 13.9. The maximum absolute atomic E-state index is 13.9. The Morgan fingerprint density at radius 1 is 1.23 bits per heavy atom. The molecule has 4 rings (SSSR count). The van der Waals surface area contributed by atoms with Crippen LogP contribution in [-0.2, 0) is 6.54 Å². The highest BCUT2D eigenvalue weighted by Crippen LogP contribution is 2.45. The lowest BCUT2D eigenvalue weighted by atomic mass is 9.80. The third kappa shape index (κ3) is 6.07. The van der Waals surface area contributed by atoms with E-state index in [0.29, 0.717) is 29.1 Å². The minimum Gasteiger partial charge on any atom is -0.497 e. The quantitative estimate of drug-likeness (QED) is 0.419. The second kappa shape index (κ2) is 11.0. The van der Waals surface area contributed by atoms with Gasteiger partial charge in [-0.15, -0.1) is 0 Å². The molecule has 2 aliphatic rings. The summed E-state index contributed by atoms with van der Waals surface area (Å²) in [5, 5.41) is 4.44. The topological polar surface area (TPSA) is 44.8 Å². The summed E-state index contributed by atoms with van der Waals surface area (Å²) in [6, 6.07) is 13.7. The van der Waals surface area contributed by atoms with Gasteiger partial charge in [0.2, 0.25) is 0 Å². The fourth-order valence-electron chi connectivity index (χ4n) is 5.66. The molecule has 190 valence electrons. The molecule has 1 heterocycles. The van der Waals surface area contributed by atoms with E-state index in [4.69, 9.17) is 27.9 Å². The number of methoxy groups -OCH3 is 1. The Morgan fingerprint density at radius 2 is 1.97 bits per heavy atom. The van der Waals surface area contributed by atoms with E-state index >= 15 is 0 Å². The van der Waals surface area contributed by atoms with Gasteiger partial charge >= 0.3 is 6.03 Å². The molecule has 1 aliphatic heterocycles. The average Bonchev–Trinajstić information content (AvgIpc) is 3.66. The van der Waals surface area contributed by atoms with Gasteiger partial charge in [-0.2, -0.15) is 0 Å². The van der Waals surface area contributed by atoms with Crippen LogP contribution in [0.25, 0.3) is 0 Å². The molecule has 2 unspecified atom stereocenters. The van der Waals surface area contributed by atoms with E-state index in [2.05, 4.69) is 37.2 Å². The van der Waals surface area contributed by atoms with E-state index in [9.17, 15) is 4.79 Å². The van der Waals surface area contributed by atoms with Gasteiger partial charge in [-0.25, -0.2) is 4.79 Å². The molecular formula is C28H37Cl2N3O2. The minimum absolute atomic E-state index is 0.0171. The maximum Gasteiger partial charge on any atom is 0.319 e. The fourth-order valence-corrected chi connectivity index (χ4v) is 6.11. The number of nitrogens with zero attached hydrogens (tertiary/aromatic N) is 2.